The fraction of sp³-hybridized carbons (Fsp3) is 0.848. The van der Waals surface area contributed by atoms with Crippen molar-refractivity contribution in [2.75, 3.05) is 109 Å². The van der Waals surface area contributed by atoms with Gasteiger partial charge in [0.1, 0.15) is 135 Å². The summed E-state index contributed by atoms with van der Waals surface area (Å²) in [4.78, 5) is 80.8. The third-order valence-electron chi connectivity index (χ3n) is 18.4. The number of rotatable bonds is 51. The fourth-order valence-corrected chi connectivity index (χ4v) is 16.7. The van der Waals surface area contributed by atoms with E-state index < -0.39 is 251 Å². The van der Waals surface area contributed by atoms with Crippen LogP contribution in [0.5, 0.6) is 0 Å². The quantitative estimate of drug-likeness (QED) is 0.00672. The lowest BCUT2D eigenvalue weighted by Crippen LogP contribution is -2.66. The van der Waals surface area contributed by atoms with E-state index in [1.54, 1.807) is 32.3 Å². The maximum Gasteiger partial charge on any atom is 0.220 e. The number of nitrogens with one attached hydrogen (secondary N) is 4. The predicted molar refractivity (Wildman–Crippen MR) is 423 cm³/mol. The molecule has 0 aliphatic carbocycles. The second-order valence-electron chi connectivity index (χ2n) is 27.5. The molecule has 6 aliphatic rings. The van der Waals surface area contributed by atoms with Crippen molar-refractivity contribution in [1.82, 2.24) is 21.3 Å². The molecule has 4 amide bonds. The Bertz CT molecular complexity index is 3870. The number of oxime groups is 2. The number of thiol groups is 1. The molecular formula is C66H108N6O46S8-6. The van der Waals surface area contributed by atoms with Gasteiger partial charge in [0.05, 0.1) is 68.3 Å². The van der Waals surface area contributed by atoms with Crippen molar-refractivity contribution in [3.8, 4) is 0 Å². The summed E-state index contributed by atoms with van der Waals surface area (Å²) in [5.74, 6) is -3.95. The van der Waals surface area contributed by atoms with Crippen LogP contribution in [0.4, 0.5) is 0 Å². The Morgan fingerprint density at radius 1 is 0.452 bits per heavy atom. The summed E-state index contributed by atoms with van der Waals surface area (Å²) in [7, 11) is -18.9. The lowest BCUT2D eigenvalue weighted by atomic mass is 9.91. The van der Waals surface area contributed by atoms with Crippen molar-refractivity contribution in [2.45, 2.75) is 232 Å². The Balaban J connectivity index is 0.000000489. The molecule has 6 fully saturated rings. The van der Waals surface area contributed by atoms with Crippen molar-refractivity contribution < 1.29 is 215 Å². The molecule has 0 spiro atoms. The largest absolute Gasteiger partial charge is 0.726 e. The van der Waals surface area contributed by atoms with Gasteiger partial charge in [-0.25, -0.2) is 33.7 Å². The second kappa shape index (κ2) is 56.6. The number of carbonyl (C=O) groups excluding carboxylic acids is 6. The molecule has 0 aromatic carbocycles. The van der Waals surface area contributed by atoms with E-state index in [2.05, 4.69) is 60.9 Å². The maximum absolute atomic E-state index is 12.3. The molecule has 0 radical (unpaired) electrons. The Kier molecular flexibility index (Phi) is 51.1. The standard InChI is InChI=1S/C33H57N3O23S4.C28H46N2O22S3.C5H11NOS/c1-5-34-21(37)7-9-60-15-17(61-10-8-22(38)35-6-2)12-52-36-11-18-24(40)28(20(55-18)14-54-63(48,49)50)57-33-26(42)25(41)29(30(59-33)31(43)44)58-32-16(3)23(39)27(51-4)19(56-32)13-53-62(45,46)47;1-4-29-17(31)6-9-53-8-5-7-45-30-10-14-19(33)23(16(48-14)12-47-55(41,42)43)50-28-21(35)20(34)24(25(52-28)26(36)37)51-27-13(2)18(32)22(44-3)15(49-27)11-46-54(38,39)40;1-2-6-5(7)3-4-8/h11,16-20,23-30,32-33,39-42H,5-10,12-15H2,1-4H3,(H,34,37)(H,35,38)(H,43,44)(H,45,46,47)(H,48,49,50);5,8,10,13-16,18-25,27-28,32-35H,4,6-7,9,11-12H2,1-3H3,(H,29,31)(H,36,37)(H,38,39,40)(H,41,42,43);8H,2-4H2,1H3,(H,6,7)/p-6/b36-11-;8-5?,30-10-;/t16?,17?,18-,19?,20+,23+,24?,25+,26?,27+,28-,29-,30?,32-,33+;13?,14-,15?,16+,18+,19?,20+,21?,22+,23-,24-,25?,27-,28+;/m00./s1. The highest BCUT2D eigenvalue weighted by molar-refractivity contribution is 8.03. The van der Waals surface area contributed by atoms with Crippen LogP contribution in [-0.4, -0.2) is 414 Å². The first-order valence-corrected chi connectivity index (χ1v) is 47.7. The van der Waals surface area contributed by atoms with Gasteiger partial charge < -0.3 is 167 Å². The lowest BCUT2D eigenvalue weighted by molar-refractivity contribution is -0.376. The Hall–Kier alpha value is -4.42. The molecule has 6 saturated heterocycles. The van der Waals surface area contributed by atoms with Crippen LogP contribution in [0.3, 0.4) is 0 Å². The van der Waals surface area contributed by atoms with Gasteiger partial charge in [-0.1, -0.05) is 24.2 Å². The minimum atomic E-state index is -5.35. The average molecular weight is 1980 g/mol. The van der Waals surface area contributed by atoms with E-state index in [1.165, 1.54) is 49.1 Å². The van der Waals surface area contributed by atoms with E-state index in [1.807, 2.05) is 6.92 Å². The Morgan fingerprint density at radius 3 is 1.16 bits per heavy atom. The highest BCUT2D eigenvalue weighted by Gasteiger charge is 2.57. The summed E-state index contributed by atoms with van der Waals surface area (Å²) >= 11 is 8.12. The number of aliphatic hydroxyl groups excluding tert-OH is 8. The van der Waals surface area contributed by atoms with Gasteiger partial charge in [0.2, 0.25) is 65.2 Å². The number of ether oxygens (including phenoxy) is 12. The summed E-state index contributed by atoms with van der Waals surface area (Å²) in [5.41, 5.74) is 0. The molecule has 60 heteroatoms. The number of carbonyl (C=O) groups is 6. The molecule has 6 aliphatic heterocycles. The molecule has 0 aromatic heterocycles. The van der Waals surface area contributed by atoms with E-state index in [0.717, 1.165) is 26.6 Å². The van der Waals surface area contributed by atoms with Crippen molar-refractivity contribution >= 4 is 138 Å². The number of hydrogen-bond acceptors (Lipinski definition) is 52. The van der Waals surface area contributed by atoms with Gasteiger partial charge in [-0.2, -0.15) is 36.2 Å². The van der Waals surface area contributed by atoms with Crippen molar-refractivity contribution in [3.05, 3.63) is 11.5 Å². The number of methoxy groups -OCH3 is 2. The molecule has 11 unspecified atom stereocenters. The molecule has 6 rings (SSSR count). The van der Waals surface area contributed by atoms with Crippen LogP contribution in [0.25, 0.3) is 0 Å². The van der Waals surface area contributed by atoms with Gasteiger partial charge in [-0.15, -0.1) is 11.8 Å². The minimum absolute atomic E-state index is 0.0185. The fourth-order valence-electron chi connectivity index (χ4n) is 12.3. The molecule has 6 heterocycles. The summed E-state index contributed by atoms with van der Waals surface area (Å²) < 4.78 is 217. The number of carboxylic acid groups (broad SMARTS) is 2. The number of aliphatic hydroxyl groups is 8. The monoisotopic (exact) mass is 1980 g/mol. The van der Waals surface area contributed by atoms with E-state index in [0.29, 0.717) is 67.8 Å². The van der Waals surface area contributed by atoms with Gasteiger partial charge in [0, 0.05) is 101 Å². The van der Waals surface area contributed by atoms with Crippen LogP contribution in [0.2, 0.25) is 0 Å². The summed E-state index contributed by atoms with van der Waals surface area (Å²) in [6.07, 6.45) is -42.2. The molecular weight excluding hydrogens is 1870 g/mol. The SMILES string of the molecule is CCNC(=O)CCS.CCNC(=O)CCSC=CCO/N=C\[C@@H]1O[C@H](COS(=O)(=O)[O-])[C@H](O[C@@H]2OC(C(=O)[O-])[C@@H](O[C@@H]3OC(COS(=O)(=O)[O-])[C@@H](OC)[C@H](O)C3C)[C@H](O)C2O)C1O.CCNC(=O)CCSCC(CO/N=C\[C@@H]1O[C@H](COS(=O)(=O)[O-])[C@H](O[C@@H]2OC(C(=O)[O-])[C@@H](O[C@@H]3OC(COS(=O)(=O)[O-])[C@@H](OC)[C@H](O)C3C)[C@H](O)C2O)C1O)SCCC(=O)NCC. The highest BCUT2D eigenvalue weighted by atomic mass is 32.3. The average Bonchev–Trinajstić information content (AvgIpc) is 0.996. The lowest BCUT2D eigenvalue weighted by Gasteiger charge is -2.48. The van der Waals surface area contributed by atoms with Gasteiger partial charge in [-0.05, 0) is 44.9 Å². The van der Waals surface area contributed by atoms with Crippen LogP contribution < -0.4 is 31.5 Å². The number of aliphatic carboxylic acids is 2. The topological polar surface area (TPSA) is 778 Å². The normalized spacial score (nSPS) is 32.9. The third kappa shape index (κ3) is 39.4. The molecule has 732 valence electrons. The van der Waals surface area contributed by atoms with Gasteiger partial charge in [-0.3, -0.25) is 35.9 Å². The van der Waals surface area contributed by atoms with Crippen molar-refractivity contribution in [2.24, 2.45) is 22.1 Å². The highest BCUT2D eigenvalue weighted by Crippen LogP contribution is 2.38. The minimum Gasteiger partial charge on any atom is -0.726 e. The summed E-state index contributed by atoms with van der Waals surface area (Å²) in [6.45, 7) is 8.05. The number of hydrogen-bond donors (Lipinski definition) is 13. The predicted octanol–water partition coefficient (Wildman–Crippen LogP) is -10.3. The molecule has 126 heavy (non-hydrogen) atoms. The molecule has 0 bridgehead atoms. The molecule has 52 nitrogen and oxygen atoms in total. The Labute approximate surface area is 743 Å². The molecule has 12 N–H and O–H groups in total. The summed E-state index contributed by atoms with van der Waals surface area (Å²) in [6, 6.07) is 0. The maximum atomic E-state index is 12.3. The van der Waals surface area contributed by atoms with Crippen molar-refractivity contribution in [3.63, 3.8) is 0 Å². The summed E-state index contributed by atoms with van der Waals surface area (Å²) in [5, 5.41) is 132. The van der Waals surface area contributed by atoms with Crippen LogP contribution in [0.15, 0.2) is 21.8 Å². The van der Waals surface area contributed by atoms with E-state index >= 15 is 0 Å². The second-order valence-corrected chi connectivity index (χ2v) is 35.7. The number of nitrogens with zero attached hydrogens (tertiary/aromatic N) is 2. The zero-order chi connectivity index (χ0) is 94.6. The Morgan fingerprint density at radius 2 is 0.802 bits per heavy atom. The van der Waals surface area contributed by atoms with E-state index in [9.17, 15) is 132 Å². The number of amides is 4. The van der Waals surface area contributed by atoms with E-state index in [4.69, 9.17) is 66.5 Å². The van der Waals surface area contributed by atoms with Gasteiger partial charge >= 0.3 is 0 Å². The van der Waals surface area contributed by atoms with Crippen LogP contribution >= 0.6 is 47.9 Å². The van der Waals surface area contributed by atoms with Gasteiger partial charge in [0.15, 0.2) is 25.2 Å². The molecule has 0 saturated carbocycles. The van der Waals surface area contributed by atoms with Crippen LogP contribution in [0, 0.1) is 11.8 Å². The number of thioether (sulfide) groups is 3. The van der Waals surface area contributed by atoms with E-state index in [-0.39, 0.29) is 54.9 Å². The zero-order valence-corrected chi connectivity index (χ0v) is 75.4. The van der Waals surface area contributed by atoms with Crippen LogP contribution in [-0.2, 0) is 154 Å². The van der Waals surface area contributed by atoms with Crippen LogP contribution in [0.1, 0.15) is 67.2 Å². The zero-order valence-electron chi connectivity index (χ0n) is 68.8. The van der Waals surface area contributed by atoms with Gasteiger partial charge in [0.25, 0.3) is 0 Å². The molecule has 29 atom stereocenters. The number of carboxylic acids is 2. The first kappa shape index (κ1) is 114. The smallest absolute Gasteiger partial charge is 0.220 e. The first-order valence-electron chi connectivity index (χ1n) is 38.5. The third-order valence-corrected chi connectivity index (χ3v) is 23.7. The first-order chi connectivity index (χ1) is 59.2. The molecule has 0 aromatic rings. The van der Waals surface area contributed by atoms with Crippen molar-refractivity contribution in [1.29, 1.82) is 0 Å².